The largest absolute Gasteiger partial charge is 0.471 e. The lowest BCUT2D eigenvalue weighted by Gasteiger charge is -2.23. The van der Waals surface area contributed by atoms with Gasteiger partial charge in [-0.25, -0.2) is 4.98 Å². The maximum atomic E-state index is 9.89. The van der Waals surface area contributed by atoms with Crippen molar-refractivity contribution in [3.8, 4) is 23.1 Å². The Balaban J connectivity index is 1.88. The van der Waals surface area contributed by atoms with E-state index in [0.717, 1.165) is 54.6 Å². The van der Waals surface area contributed by atoms with Gasteiger partial charge in [0.25, 0.3) is 0 Å². The highest BCUT2D eigenvalue weighted by Crippen LogP contribution is 2.38. The summed E-state index contributed by atoms with van der Waals surface area (Å²) in [5, 5.41) is 9.89. The first-order chi connectivity index (χ1) is 12.3. The minimum absolute atomic E-state index is 0.0201. The molecule has 0 aromatic carbocycles. The van der Waals surface area contributed by atoms with Gasteiger partial charge in [0.1, 0.15) is 17.7 Å². The molecule has 0 N–H and O–H groups in total. The van der Waals surface area contributed by atoms with Crippen molar-refractivity contribution in [2.75, 3.05) is 13.2 Å². The van der Waals surface area contributed by atoms with Crippen LogP contribution in [0.2, 0.25) is 0 Å². The molecule has 1 saturated heterocycles. The third-order valence-electron chi connectivity index (χ3n) is 4.90. The lowest BCUT2D eigenvalue weighted by atomic mass is 9.87. The highest BCUT2D eigenvalue weighted by Gasteiger charge is 2.26. The van der Waals surface area contributed by atoms with Gasteiger partial charge in [-0.05, 0) is 55.9 Å². The summed E-state index contributed by atoms with van der Waals surface area (Å²) < 4.78 is 11.5. The SMILES string of the molecule is Cc1cc(-c2c(C#N)c(OC3CCOC3)nc3c2CCCC3)ccn1. The van der Waals surface area contributed by atoms with Crippen LogP contribution in [-0.4, -0.2) is 29.3 Å². The van der Waals surface area contributed by atoms with Crippen LogP contribution in [0.1, 0.15) is 41.8 Å². The van der Waals surface area contributed by atoms with E-state index in [1.165, 1.54) is 5.56 Å². The van der Waals surface area contributed by atoms with Crippen molar-refractivity contribution in [1.29, 1.82) is 5.26 Å². The van der Waals surface area contributed by atoms with Crippen molar-refractivity contribution in [3.05, 3.63) is 40.8 Å². The van der Waals surface area contributed by atoms with Crippen molar-refractivity contribution in [2.45, 2.75) is 45.1 Å². The van der Waals surface area contributed by atoms with E-state index < -0.39 is 0 Å². The normalized spacial score (nSPS) is 19.3. The second kappa shape index (κ2) is 6.81. The quantitative estimate of drug-likeness (QED) is 0.860. The molecule has 5 nitrogen and oxygen atoms in total. The minimum atomic E-state index is -0.0201. The predicted octanol–water partition coefficient (Wildman–Crippen LogP) is 3.37. The van der Waals surface area contributed by atoms with Gasteiger partial charge in [0.15, 0.2) is 0 Å². The Hall–Kier alpha value is -2.45. The molecule has 3 heterocycles. The van der Waals surface area contributed by atoms with Gasteiger partial charge in [0.2, 0.25) is 5.88 Å². The average molecular weight is 335 g/mol. The average Bonchev–Trinajstić information content (AvgIpc) is 3.13. The summed E-state index contributed by atoms with van der Waals surface area (Å²) in [6.45, 7) is 3.23. The zero-order chi connectivity index (χ0) is 17.2. The monoisotopic (exact) mass is 335 g/mol. The van der Waals surface area contributed by atoms with Crippen molar-refractivity contribution in [1.82, 2.24) is 9.97 Å². The maximum Gasteiger partial charge on any atom is 0.232 e. The van der Waals surface area contributed by atoms with Crippen molar-refractivity contribution in [3.63, 3.8) is 0 Å². The van der Waals surface area contributed by atoms with Crippen LogP contribution in [0.25, 0.3) is 11.1 Å². The van der Waals surface area contributed by atoms with Crippen LogP contribution in [0.15, 0.2) is 18.3 Å². The third-order valence-corrected chi connectivity index (χ3v) is 4.90. The lowest BCUT2D eigenvalue weighted by molar-refractivity contribution is 0.137. The van der Waals surface area contributed by atoms with Gasteiger partial charge in [-0.3, -0.25) is 4.98 Å². The fraction of sp³-hybridized carbons (Fsp3) is 0.450. The van der Waals surface area contributed by atoms with Crippen LogP contribution < -0.4 is 4.74 Å². The Morgan fingerprint density at radius 2 is 2.20 bits per heavy atom. The zero-order valence-corrected chi connectivity index (χ0v) is 14.4. The van der Waals surface area contributed by atoms with Gasteiger partial charge >= 0.3 is 0 Å². The van der Waals surface area contributed by atoms with Crippen LogP contribution in [0.5, 0.6) is 5.88 Å². The van der Waals surface area contributed by atoms with E-state index in [1.807, 2.05) is 19.1 Å². The van der Waals surface area contributed by atoms with E-state index in [2.05, 4.69) is 11.1 Å². The summed E-state index contributed by atoms with van der Waals surface area (Å²) in [4.78, 5) is 9.03. The molecular formula is C20H21N3O2. The van der Waals surface area contributed by atoms with E-state index in [4.69, 9.17) is 14.5 Å². The summed E-state index contributed by atoms with van der Waals surface area (Å²) in [5.41, 5.74) is 5.75. The number of aryl methyl sites for hydroxylation is 2. The summed E-state index contributed by atoms with van der Waals surface area (Å²) in [6, 6.07) is 6.37. The van der Waals surface area contributed by atoms with Crippen LogP contribution >= 0.6 is 0 Å². The van der Waals surface area contributed by atoms with Crippen molar-refractivity contribution >= 4 is 0 Å². The molecule has 4 rings (SSSR count). The number of pyridine rings is 2. The number of nitrogens with zero attached hydrogens (tertiary/aromatic N) is 3. The molecule has 1 aliphatic heterocycles. The van der Waals surface area contributed by atoms with Crippen LogP contribution in [-0.2, 0) is 17.6 Å². The van der Waals surface area contributed by atoms with Gasteiger partial charge < -0.3 is 9.47 Å². The fourth-order valence-corrected chi connectivity index (χ4v) is 3.69. The Morgan fingerprint density at radius 3 is 2.96 bits per heavy atom. The molecule has 25 heavy (non-hydrogen) atoms. The molecule has 0 amide bonds. The van der Waals surface area contributed by atoms with E-state index >= 15 is 0 Å². The molecule has 1 atom stereocenters. The molecule has 1 fully saturated rings. The van der Waals surface area contributed by atoms with Gasteiger partial charge in [0, 0.05) is 29.6 Å². The second-order valence-corrected chi connectivity index (χ2v) is 6.70. The van der Waals surface area contributed by atoms with Gasteiger partial charge in [0.05, 0.1) is 13.2 Å². The van der Waals surface area contributed by atoms with Gasteiger partial charge in [-0.1, -0.05) is 0 Å². The second-order valence-electron chi connectivity index (χ2n) is 6.70. The highest BCUT2D eigenvalue weighted by molar-refractivity contribution is 5.77. The number of hydrogen-bond donors (Lipinski definition) is 0. The summed E-state index contributed by atoms with van der Waals surface area (Å²) in [6.07, 6.45) is 6.78. The maximum absolute atomic E-state index is 9.89. The van der Waals surface area contributed by atoms with Crippen molar-refractivity contribution in [2.24, 2.45) is 0 Å². The Labute approximate surface area is 147 Å². The van der Waals surface area contributed by atoms with E-state index in [9.17, 15) is 5.26 Å². The molecular weight excluding hydrogens is 314 g/mol. The first-order valence-corrected chi connectivity index (χ1v) is 8.89. The topological polar surface area (TPSA) is 68.0 Å². The number of ether oxygens (including phenoxy) is 2. The van der Waals surface area contributed by atoms with E-state index in [1.54, 1.807) is 6.20 Å². The Morgan fingerprint density at radius 1 is 1.32 bits per heavy atom. The zero-order valence-electron chi connectivity index (χ0n) is 14.4. The molecule has 2 aromatic heterocycles. The molecule has 128 valence electrons. The Bertz CT molecular complexity index is 836. The molecule has 5 heteroatoms. The third kappa shape index (κ3) is 3.10. The molecule has 0 radical (unpaired) electrons. The van der Waals surface area contributed by atoms with Crippen molar-refractivity contribution < 1.29 is 9.47 Å². The molecule has 0 saturated carbocycles. The minimum Gasteiger partial charge on any atom is -0.471 e. The molecule has 1 unspecified atom stereocenters. The lowest BCUT2D eigenvalue weighted by Crippen LogP contribution is -2.19. The van der Waals surface area contributed by atoms with Crippen LogP contribution in [0, 0.1) is 18.3 Å². The first-order valence-electron chi connectivity index (χ1n) is 8.89. The fourth-order valence-electron chi connectivity index (χ4n) is 3.69. The number of rotatable bonds is 3. The number of nitriles is 1. The summed E-state index contributed by atoms with van der Waals surface area (Å²) in [7, 11) is 0. The molecule has 0 spiro atoms. The van der Waals surface area contributed by atoms with Gasteiger partial charge in [-0.2, -0.15) is 5.26 Å². The standard InChI is InChI=1S/C20H21N3O2/c1-13-10-14(6-8-22-13)19-16-4-2-3-5-18(16)23-20(17(19)11-21)25-15-7-9-24-12-15/h6,8,10,15H,2-5,7,9,12H2,1H3. The predicted molar refractivity (Wildman–Crippen MR) is 93.4 cm³/mol. The summed E-state index contributed by atoms with van der Waals surface area (Å²) in [5.74, 6) is 0.461. The molecule has 2 aliphatic rings. The molecule has 2 aromatic rings. The smallest absolute Gasteiger partial charge is 0.232 e. The number of hydrogen-bond acceptors (Lipinski definition) is 5. The summed E-state index contributed by atoms with van der Waals surface area (Å²) >= 11 is 0. The van der Waals surface area contributed by atoms with Crippen LogP contribution in [0.3, 0.4) is 0 Å². The molecule has 1 aliphatic carbocycles. The van der Waals surface area contributed by atoms with E-state index in [-0.39, 0.29) is 6.10 Å². The number of fused-ring (bicyclic) bond motifs is 1. The van der Waals surface area contributed by atoms with Crippen LogP contribution in [0.4, 0.5) is 0 Å². The Kier molecular flexibility index (Phi) is 4.37. The molecule has 0 bridgehead atoms. The van der Waals surface area contributed by atoms with E-state index in [0.29, 0.717) is 24.7 Å². The van der Waals surface area contributed by atoms with Gasteiger partial charge in [-0.15, -0.1) is 0 Å². The number of aromatic nitrogens is 2. The highest BCUT2D eigenvalue weighted by atomic mass is 16.5. The first kappa shape index (κ1) is 16.0.